The topological polar surface area (TPSA) is 34.1 Å². The van der Waals surface area contributed by atoms with Gasteiger partial charge in [-0.25, -0.2) is 0 Å². The second-order valence-electron chi connectivity index (χ2n) is 4.08. The number of ether oxygens (including phenoxy) is 1. The maximum absolute atomic E-state index is 5.52. The lowest BCUT2D eigenvalue weighted by atomic mass is 9.89. The summed E-state index contributed by atoms with van der Waals surface area (Å²) >= 11 is 0. The van der Waals surface area contributed by atoms with Crippen molar-refractivity contribution in [3.63, 3.8) is 0 Å². The zero-order valence-corrected chi connectivity index (χ0v) is 9.36. The van der Waals surface area contributed by atoms with E-state index in [-0.39, 0.29) is 0 Å². The Morgan fingerprint density at radius 2 is 2.33 bits per heavy atom. The number of pyridine rings is 1. The molecule has 0 saturated heterocycles. The van der Waals surface area contributed by atoms with Gasteiger partial charge in [-0.3, -0.25) is 4.98 Å². The Kier molecular flexibility index (Phi) is 3.21. The Labute approximate surface area is 90.9 Å². The largest absolute Gasteiger partial charge is 0.381 e. The molecule has 1 heterocycles. The third-order valence-electron chi connectivity index (χ3n) is 2.90. The average Bonchev–Trinajstić information content (AvgIpc) is 2.18. The van der Waals surface area contributed by atoms with Crippen LogP contribution >= 0.6 is 0 Å². The highest BCUT2D eigenvalue weighted by Gasteiger charge is 2.29. The van der Waals surface area contributed by atoms with Crippen LogP contribution in [0.25, 0.3) is 0 Å². The van der Waals surface area contributed by atoms with Crippen molar-refractivity contribution in [1.82, 2.24) is 4.98 Å². The van der Waals surface area contributed by atoms with Gasteiger partial charge in [-0.05, 0) is 38.3 Å². The van der Waals surface area contributed by atoms with Crippen molar-refractivity contribution in [1.29, 1.82) is 0 Å². The van der Waals surface area contributed by atoms with Crippen molar-refractivity contribution in [2.24, 2.45) is 0 Å². The van der Waals surface area contributed by atoms with Crippen LogP contribution in [0.15, 0.2) is 18.5 Å². The molecule has 0 aromatic carbocycles. The monoisotopic (exact) mass is 206 g/mol. The molecule has 2 rings (SSSR count). The lowest BCUT2D eigenvalue weighted by Crippen LogP contribution is -2.40. The highest BCUT2D eigenvalue weighted by Crippen LogP contribution is 2.27. The first-order valence-electron chi connectivity index (χ1n) is 5.58. The van der Waals surface area contributed by atoms with Crippen molar-refractivity contribution in [3.8, 4) is 0 Å². The summed E-state index contributed by atoms with van der Waals surface area (Å²) in [6, 6.07) is 2.59. The van der Waals surface area contributed by atoms with E-state index in [1.807, 2.05) is 25.4 Å². The maximum atomic E-state index is 5.52. The summed E-state index contributed by atoms with van der Waals surface area (Å²) in [5, 5.41) is 3.49. The molecule has 1 aliphatic rings. The van der Waals surface area contributed by atoms with Gasteiger partial charge >= 0.3 is 0 Å². The zero-order chi connectivity index (χ0) is 10.7. The summed E-state index contributed by atoms with van der Waals surface area (Å²) < 4.78 is 5.52. The van der Waals surface area contributed by atoms with Gasteiger partial charge in [-0.15, -0.1) is 0 Å². The van der Waals surface area contributed by atoms with Gasteiger partial charge in [0.15, 0.2) is 0 Å². The van der Waals surface area contributed by atoms with Crippen molar-refractivity contribution in [2.75, 3.05) is 11.9 Å². The van der Waals surface area contributed by atoms with E-state index >= 15 is 0 Å². The van der Waals surface area contributed by atoms with E-state index in [1.165, 1.54) is 5.56 Å². The van der Waals surface area contributed by atoms with Crippen molar-refractivity contribution < 1.29 is 4.74 Å². The van der Waals surface area contributed by atoms with Crippen molar-refractivity contribution in [2.45, 2.75) is 38.8 Å². The minimum atomic E-state index is 0.462. The number of anilines is 1. The van der Waals surface area contributed by atoms with E-state index in [1.54, 1.807) is 0 Å². The summed E-state index contributed by atoms with van der Waals surface area (Å²) in [5.74, 6) is 0. The van der Waals surface area contributed by atoms with Crippen LogP contribution in [0.3, 0.4) is 0 Å². The molecule has 0 atom stereocenters. The van der Waals surface area contributed by atoms with Crippen LogP contribution in [0.4, 0.5) is 5.69 Å². The molecule has 1 fully saturated rings. The standard InChI is InChI=1S/C12H18N2O/c1-3-15-11-6-10(7-11)14-12-8-13-5-4-9(12)2/h4-5,8,10-11,14H,3,6-7H2,1-2H3. The van der Waals surface area contributed by atoms with Gasteiger partial charge in [-0.2, -0.15) is 0 Å². The van der Waals surface area contributed by atoms with E-state index < -0.39 is 0 Å². The Hall–Kier alpha value is -1.09. The fraction of sp³-hybridized carbons (Fsp3) is 0.583. The molecule has 0 amide bonds. The third kappa shape index (κ3) is 2.48. The van der Waals surface area contributed by atoms with Gasteiger partial charge in [0.05, 0.1) is 18.0 Å². The van der Waals surface area contributed by atoms with Crippen LogP contribution in [-0.4, -0.2) is 23.7 Å². The molecule has 0 aliphatic heterocycles. The van der Waals surface area contributed by atoms with Crippen LogP contribution in [0.2, 0.25) is 0 Å². The fourth-order valence-electron chi connectivity index (χ4n) is 1.89. The minimum absolute atomic E-state index is 0.462. The number of nitrogens with one attached hydrogen (secondary N) is 1. The average molecular weight is 206 g/mol. The van der Waals surface area contributed by atoms with E-state index in [2.05, 4.69) is 17.2 Å². The molecule has 1 aromatic rings. The molecule has 82 valence electrons. The summed E-state index contributed by atoms with van der Waals surface area (Å²) in [4.78, 5) is 4.12. The number of nitrogens with zero attached hydrogens (tertiary/aromatic N) is 1. The molecule has 1 N–H and O–H groups in total. The molecule has 1 aliphatic carbocycles. The Morgan fingerprint density at radius 1 is 1.53 bits per heavy atom. The van der Waals surface area contributed by atoms with Crippen molar-refractivity contribution >= 4 is 5.69 Å². The highest BCUT2D eigenvalue weighted by molar-refractivity contribution is 5.49. The normalized spacial score (nSPS) is 24.7. The van der Waals surface area contributed by atoms with Gasteiger partial charge in [0.1, 0.15) is 0 Å². The highest BCUT2D eigenvalue weighted by atomic mass is 16.5. The van der Waals surface area contributed by atoms with Crippen LogP contribution in [-0.2, 0) is 4.74 Å². The predicted molar refractivity (Wildman–Crippen MR) is 61.0 cm³/mol. The number of aromatic nitrogens is 1. The quantitative estimate of drug-likeness (QED) is 0.821. The maximum Gasteiger partial charge on any atom is 0.0614 e. The van der Waals surface area contributed by atoms with Crippen LogP contribution in [0, 0.1) is 6.92 Å². The van der Waals surface area contributed by atoms with Crippen LogP contribution < -0.4 is 5.32 Å². The van der Waals surface area contributed by atoms with Gasteiger partial charge in [0, 0.05) is 18.8 Å². The molecule has 1 aromatic heterocycles. The Balaban J connectivity index is 1.82. The Morgan fingerprint density at radius 3 is 3.00 bits per heavy atom. The molecule has 0 spiro atoms. The molecule has 1 saturated carbocycles. The second-order valence-corrected chi connectivity index (χ2v) is 4.08. The minimum Gasteiger partial charge on any atom is -0.381 e. The van der Waals surface area contributed by atoms with E-state index in [0.29, 0.717) is 12.1 Å². The van der Waals surface area contributed by atoms with Gasteiger partial charge in [0.2, 0.25) is 0 Å². The molecule has 15 heavy (non-hydrogen) atoms. The molecular formula is C12H18N2O. The molecule has 3 nitrogen and oxygen atoms in total. The molecule has 0 unspecified atom stereocenters. The summed E-state index contributed by atoms with van der Waals surface area (Å²) in [7, 11) is 0. The number of hydrogen-bond acceptors (Lipinski definition) is 3. The third-order valence-corrected chi connectivity index (χ3v) is 2.90. The predicted octanol–water partition coefficient (Wildman–Crippen LogP) is 2.37. The van der Waals surface area contributed by atoms with E-state index in [4.69, 9.17) is 4.74 Å². The fourth-order valence-corrected chi connectivity index (χ4v) is 1.89. The molecule has 3 heteroatoms. The lowest BCUT2D eigenvalue weighted by molar-refractivity contribution is 0.00297. The Bertz CT molecular complexity index is 321. The molecule has 0 radical (unpaired) electrons. The SMILES string of the molecule is CCOC1CC(Nc2cnccc2C)C1. The second kappa shape index (κ2) is 4.62. The van der Waals surface area contributed by atoms with Gasteiger partial charge in [0.25, 0.3) is 0 Å². The first-order chi connectivity index (χ1) is 7.29. The summed E-state index contributed by atoms with van der Waals surface area (Å²) in [5.41, 5.74) is 2.40. The smallest absolute Gasteiger partial charge is 0.0614 e. The summed E-state index contributed by atoms with van der Waals surface area (Å²) in [6.45, 7) is 4.97. The number of aryl methyl sites for hydroxylation is 1. The summed E-state index contributed by atoms with van der Waals surface area (Å²) in [6.07, 6.45) is 6.40. The van der Waals surface area contributed by atoms with Gasteiger partial charge in [-0.1, -0.05) is 0 Å². The number of hydrogen-bond donors (Lipinski definition) is 1. The van der Waals surface area contributed by atoms with Crippen LogP contribution in [0.5, 0.6) is 0 Å². The van der Waals surface area contributed by atoms with E-state index in [0.717, 1.165) is 25.1 Å². The molecule has 0 bridgehead atoms. The van der Waals surface area contributed by atoms with Crippen LogP contribution in [0.1, 0.15) is 25.3 Å². The first-order valence-corrected chi connectivity index (χ1v) is 5.58. The van der Waals surface area contributed by atoms with Gasteiger partial charge < -0.3 is 10.1 Å². The van der Waals surface area contributed by atoms with Crippen molar-refractivity contribution in [3.05, 3.63) is 24.0 Å². The lowest BCUT2D eigenvalue weighted by Gasteiger charge is -2.36. The number of rotatable bonds is 4. The molecular weight excluding hydrogens is 188 g/mol. The van der Waals surface area contributed by atoms with E-state index in [9.17, 15) is 0 Å². The first kappa shape index (κ1) is 10.4. The zero-order valence-electron chi connectivity index (χ0n) is 9.36.